The molecule has 1 aromatic carbocycles. The molecule has 1 aliphatic carbocycles. The van der Waals surface area contributed by atoms with Crippen LogP contribution < -0.4 is 10.6 Å². The van der Waals surface area contributed by atoms with Gasteiger partial charge in [0.2, 0.25) is 11.8 Å². The van der Waals surface area contributed by atoms with Crippen LogP contribution in [0.25, 0.3) is 0 Å². The van der Waals surface area contributed by atoms with Crippen molar-refractivity contribution in [3.63, 3.8) is 0 Å². The van der Waals surface area contributed by atoms with Crippen molar-refractivity contribution in [3.05, 3.63) is 30.3 Å². The van der Waals surface area contributed by atoms with E-state index in [0.29, 0.717) is 12.5 Å². The summed E-state index contributed by atoms with van der Waals surface area (Å²) in [6.45, 7) is 4.24. The number of anilines is 1. The van der Waals surface area contributed by atoms with Crippen molar-refractivity contribution in [2.45, 2.75) is 32.2 Å². The fourth-order valence-electron chi connectivity index (χ4n) is 3.16. The van der Waals surface area contributed by atoms with Crippen LogP contribution in [-0.2, 0) is 9.59 Å². The molecule has 1 saturated heterocycles. The Morgan fingerprint density at radius 1 is 1.17 bits per heavy atom. The molecule has 2 N–H and O–H groups in total. The Hall–Kier alpha value is -1.88. The van der Waals surface area contributed by atoms with Crippen LogP contribution in [0.3, 0.4) is 0 Å². The minimum Gasteiger partial charge on any atom is -0.353 e. The van der Waals surface area contributed by atoms with Crippen LogP contribution in [0.4, 0.5) is 5.69 Å². The molecule has 23 heavy (non-hydrogen) atoms. The molecule has 0 aromatic heterocycles. The summed E-state index contributed by atoms with van der Waals surface area (Å²) in [6.07, 6.45) is 2.88. The fraction of sp³-hybridized carbons (Fsp3) is 0.556. The van der Waals surface area contributed by atoms with E-state index in [0.717, 1.165) is 38.0 Å². The van der Waals surface area contributed by atoms with E-state index < -0.39 is 0 Å². The first-order valence-electron chi connectivity index (χ1n) is 8.49. The number of nitrogens with one attached hydrogen (secondary N) is 2. The molecular weight excluding hydrogens is 290 g/mol. The second kappa shape index (κ2) is 7.13. The van der Waals surface area contributed by atoms with Crippen LogP contribution in [0, 0.1) is 11.8 Å². The lowest BCUT2D eigenvalue weighted by Gasteiger charge is -2.31. The van der Waals surface area contributed by atoms with Gasteiger partial charge in [-0.15, -0.1) is 0 Å². The number of benzene rings is 1. The molecule has 2 amide bonds. The van der Waals surface area contributed by atoms with Gasteiger partial charge in [-0.05, 0) is 37.3 Å². The first kappa shape index (κ1) is 16.0. The normalized spacial score (nSPS) is 24.9. The van der Waals surface area contributed by atoms with Gasteiger partial charge in [0.1, 0.15) is 0 Å². The van der Waals surface area contributed by atoms with Crippen molar-refractivity contribution in [1.29, 1.82) is 0 Å². The molecule has 1 heterocycles. The number of piperidine rings is 1. The molecule has 1 saturated carbocycles. The Kier molecular flexibility index (Phi) is 4.96. The molecule has 5 nitrogen and oxygen atoms in total. The van der Waals surface area contributed by atoms with E-state index in [-0.39, 0.29) is 23.8 Å². The van der Waals surface area contributed by atoms with Gasteiger partial charge in [0.05, 0.1) is 6.54 Å². The summed E-state index contributed by atoms with van der Waals surface area (Å²) in [7, 11) is 0. The Balaban J connectivity index is 1.37. The average Bonchev–Trinajstić information content (AvgIpc) is 3.27. The topological polar surface area (TPSA) is 61.4 Å². The Morgan fingerprint density at radius 3 is 2.43 bits per heavy atom. The van der Waals surface area contributed by atoms with Gasteiger partial charge in [0.15, 0.2) is 0 Å². The zero-order chi connectivity index (χ0) is 16.2. The van der Waals surface area contributed by atoms with E-state index in [1.165, 1.54) is 0 Å². The number of carbonyl (C=O) groups is 2. The summed E-state index contributed by atoms with van der Waals surface area (Å²) in [6, 6.07) is 9.78. The number of amides is 2. The first-order chi connectivity index (χ1) is 11.1. The highest BCUT2D eigenvalue weighted by molar-refractivity contribution is 5.92. The monoisotopic (exact) mass is 315 g/mol. The predicted molar refractivity (Wildman–Crippen MR) is 89.9 cm³/mol. The lowest BCUT2D eigenvalue weighted by molar-refractivity contribution is -0.124. The van der Waals surface area contributed by atoms with Crippen molar-refractivity contribution in [2.75, 3.05) is 25.0 Å². The lowest BCUT2D eigenvalue weighted by atomic mass is 10.0. The molecule has 5 heteroatoms. The maximum absolute atomic E-state index is 12.1. The third kappa shape index (κ3) is 4.55. The van der Waals surface area contributed by atoms with Crippen LogP contribution in [0.1, 0.15) is 26.2 Å². The van der Waals surface area contributed by atoms with Crippen LogP contribution in [0.5, 0.6) is 0 Å². The van der Waals surface area contributed by atoms with Crippen LogP contribution in [-0.4, -0.2) is 42.4 Å². The van der Waals surface area contributed by atoms with Crippen LogP contribution in [0.15, 0.2) is 30.3 Å². The fourth-order valence-corrected chi connectivity index (χ4v) is 3.16. The van der Waals surface area contributed by atoms with E-state index >= 15 is 0 Å². The molecule has 2 fully saturated rings. The molecule has 3 rings (SSSR count). The van der Waals surface area contributed by atoms with Gasteiger partial charge in [-0.1, -0.05) is 25.1 Å². The number of likely N-dealkylation sites (tertiary alicyclic amines) is 1. The summed E-state index contributed by atoms with van der Waals surface area (Å²) >= 11 is 0. The summed E-state index contributed by atoms with van der Waals surface area (Å²) < 4.78 is 0. The minimum atomic E-state index is 0.0190. The quantitative estimate of drug-likeness (QED) is 0.872. The molecular formula is C18H25N3O2. The number of hydrogen-bond acceptors (Lipinski definition) is 3. The second-order valence-corrected chi connectivity index (χ2v) is 6.79. The summed E-state index contributed by atoms with van der Waals surface area (Å²) in [5.74, 6) is 1.03. The molecule has 0 spiro atoms. The molecule has 0 bridgehead atoms. The van der Waals surface area contributed by atoms with Gasteiger partial charge in [-0.2, -0.15) is 0 Å². The van der Waals surface area contributed by atoms with Gasteiger partial charge >= 0.3 is 0 Å². The van der Waals surface area contributed by atoms with Crippen molar-refractivity contribution in [2.24, 2.45) is 11.8 Å². The maximum Gasteiger partial charge on any atom is 0.238 e. The standard InChI is InChI=1S/C18H25N3O2/c1-13-11-16(13)18(23)20-15-7-9-21(10-8-15)12-17(22)19-14-5-3-2-4-6-14/h2-6,13,15-16H,7-12H2,1H3,(H,19,22)(H,20,23)/t13-,16-/m0/s1. The summed E-state index contributed by atoms with van der Waals surface area (Å²) in [4.78, 5) is 26.2. The number of para-hydroxylation sites is 1. The van der Waals surface area contributed by atoms with E-state index in [1.807, 2.05) is 30.3 Å². The predicted octanol–water partition coefficient (Wildman–Crippen LogP) is 1.86. The van der Waals surface area contributed by atoms with Gasteiger partial charge in [0.25, 0.3) is 0 Å². The zero-order valence-corrected chi connectivity index (χ0v) is 13.6. The van der Waals surface area contributed by atoms with E-state index in [1.54, 1.807) is 0 Å². The first-order valence-corrected chi connectivity index (χ1v) is 8.49. The van der Waals surface area contributed by atoms with Crippen molar-refractivity contribution < 1.29 is 9.59 Å². The van der Waals surface area contributed by atoms with Gasteiger partial charge in [-0.3, -0.25) is 14.5 Å². The molecule has 2 aliphatic rings. The van der Waals surface area contributed by atoms with Gasteiger partial charge < -0.3 is 10.6 Å². The van der Waals surface area contributed by atoms with Gasteiger partial charge in [-0.25, -0.2) is 0 Å². The zero-order valence-electron chi connectivity index (χ0n) is 13.6. The number of rotatable bonds is 5. The lowest BCUT2D eigenvalue weighted by Crippen LogP contribution is -2.47. The second-order valence-electron chi connectivity index (χ2n) is 6.79. The highest BCUT2D eigenvalue weighted by atomic mass is 16.2. The Morgan fingerprint density at radius 2 is 1.83 bits per heavy atom. The number of hydrogen-bond donors (Lipinski definition) is 2. The van der Waals surface area contributed by atoms with E-state index in [9.17, 15) is 9.59 Å². The Bertz CT molecular complexity index is 553. The SMILES string of the molecule is C[C@H]1C[C@@H]1C(=O)NC1CCN(CC(=O)Nc2ccccc2)CC1. The highest BCUT2D eigenvalue weighted by Gasteiger charge is 2.39. The molecule has 0 radical (unpaired) electrons. The molecule has 1 aliphatic heterocycles. The van der Waals surface area contributed by atoms with E-state index in [4.69, 9.17) is 0 Å². The minimum absolute atomic E-state index is 0.0190. The van der Waals surface area contributed by atoms with Crippen LogP contribution >= 0.6 is 0 Å². The smallest absolute Gasteiger partial charge is 0.238 e. The average molecular weight is 315 g/mol. The highest BCUT2D eigenvalue weighted by Crippen LogP contribution is 2.37. The van der Waals surface area contributed by atoms with Gasteiger partial charge in [0, 0.05) is 30.7 Å². The molecule has 124 valence electrons. The number of nitrogens with zero attached hydrogens (tertiary/aromatic N) is 1. The number of carbonyl (C=O) groups excluding carboxylic acids is 2. The third-order valence-electron chi connectivity index (χ3n) is 4.80. The summed E-state index contributed by atoms with van der Waals surface area (Å²) in [5.41, 5.74) is 0.832. The largest absolute Gasteiger partial charge is 0.353 e. The maximum atomic E-state index is 12.1. The molecule has 2 atom stereocenters. The summed E-state index contributed by atoms with van der Waals surface area (Å²) in [5, 5.41) is 6.07. The van der Waals surface area contributed by atoms with Crippen molar-refractivity contribution in [1.82, 2.24) is 10.2 Å². The molecule has 0 unspecified atom stereocenters. The Labute approximate surface area is 137 Å². The van der Waals surface area contributed by atoms with Crippen molar-refractivity contribution >= 4 is 17.5 Å². The van der Waals surface area contributed by atoms with E-state index in [2.05, 4.69) is 22.5 Å². The third-order valence-corrected chi connectivity index (χ3v) is 4.80. The molecule has 1 aromatic rings. The van der Waals surface area contributed by atoms with Crippen molar-refractivity contribution in [3.8, 4) is 0 Å². The van der Waals surface area contributed by atoms with Crippen LogP contribution in [0.2, 0.25) is 0 Å².